The Morgan fingerprint density at radius 3 is 2.00 bits per heavy atom. The summed E-state index contributed by atoms with van der Waals surface area (Å²) < 4.78 is 5.21. The number of primary amides is 1. The minimum absolute atomic E-state index is 0.0388. The number of nitrogens with two attached hydrogens (primary N) is 1. The Morgan fingerprint density at radius 2 is 1.46 bits per heavy atom. The number of rotatable bonds is 17. The van der Waals surface area contributed by atoms with Crippen LogP contribution in [0.4, 0.5) is 10.5 Å². The van der Waals surface area contributed by atoms with Crippen molar-refractivity contribution in [1.29, 1.82) is 0 Å². The van der Waals surface area contributed by atoms with E-state index >= 15 is 0 Å². The zero-order valence-corrected chi connectivity index (χ0v) is 24.9. The average Bonchev–Trinajstić information content (AvgIpc) is 2.90. The lowest BCUT2D eigenvalue weighted by atomic mass is 10.0. The molecule has 6 N–H and O–H groups in total. The fourth-order valence-electron chi connectivity index (χ4n) is 3.59. The summed E-state index contributed by atoms with van der Waals surface area (Å²) in [6.07, 6.45) is 0.565. The Labute approximate surface area is 241 Å². The third-order valence-corrected chi connectivity index (χ3v) is 6.18. The predicted molar refractivity (Wildman–Crippen MR) is 154 cm³/mol. The van der Waals surface area contributed by atoms with E-state index in [0.29, 0.717) is 12.1 Å². The van der Waals surface area contributed by atoms with Gasteiger partial charge in [-0.1, -0.05) is 53.7 Å². The van der Waals surface area contributed by atoms with Gasteiger partial charge in [0.25, 0.3) is 0 Å². The van der Waals surface area contributed by atoms with Gasteiger partial charge >= 0.3 is 12.0 Å². The summed E-state index contributed by atoms with van der Waals surface area (Å²) in [6, 6.07) is 4.11. The van der Waals surface area contributed by atoms with Gasteiger partial charge in [0.2, 0.25) is 17.7 Å². The van der Waals surface area contributed by atoms with E-state index in [0.717, 1.165) is 5.56 Å². The monoisotopic (exact) mass is 575 g/mol. The van der Waals surface area contributed by atoms with Crippen LogP contribution in [-0.4, -0.2) is 54.1 Å². The predicted octanol–water partition coefficient (Wildman–Crippen LogP) is 2.40. The third-order valence-electron chi connectivity index (χ3n) is 6.18. The van der Waals surface area contributed by atoms with E-state index in [9.17, 15) is 28.8 Å². The molecule has 0 saturated carbocycles. The van der Waals surface area contributed by atoms with Crippen LogP contribution in [0.1, 0.15) is 72.8 Å². The largest absolute Gasteiger partial charge is 0.461 e. The Bertz CT molecular complexity index is 1050. The highest BCUT2D eigenvalue weighted by Gasteiger charge is 2.29. The molecule has 1 aromatic rings. The maximum atomic E-state index is 13.2. The Balaban J connectivity index is 2.90. The number of nitrogens with one attached hydrogen (secondary N) is 4. The van der Waals surface area contributed by atoms with E-state index < -0.39 is 35.8 Å². The summed E-state index contributed by atoms with van der Waals surface area (Å²) in [7, 11) is 0. The molecule has 1 unspecified atom stereocenters. The van der Waals surface area contributed by atoms with Crippen molar-refractivity contribution in [3.63, 3.8) is 0 Å². The van der Waals surface area contributed by atoms with Gasteiger partial charge < -0.3 is 31.7 Å². The minimum atomic E-state index is -0.982. The smallest absolute Gasteiger partial charge is 0.312 e. The van der Waals surface area contributed by atoms with Gasteiger partial charge in [0, 0.05) is 31.0 Å². The number of benzene rings is 1. The molecule has 5 amide bonds. The van der Waals surface area contributed by atoms with Crippen LogP contribution in [0.2, 0.25) is 0 Å². The molecule has 0 fully saturated rings. The van der Waals surface area contributed by atoms with Crippen molar-refractivity contribution in [2.24, 2.45) is 23.5 Å². The van der Waals surface area contributed by atoms with Gasteiger partial charge in [-0.2, -0.15) is 0 Å². The van der Waals surface area contributed by atoms with E-state index in [1.54, 1.807) is 65.8 Å². The second-order valence-electron chi connectivity index (χ2n) is 10.9. The van der Waals surface area contributed by atoms with E-state index in [1.807, 2.05) is 0 Å². The SMILES string of the molecule is CC(C)C(=O)CCC(=O)N[C@H](C(=O)NC(CCCNC(N)=O)C(=O)Nc1ccc(COC(=O)C(C)C)cc1)C(C)C. The molecule has 41 heavy (non-hydrogen) atoms. The van der Waals surface area contributed by atoms with Crippen LogP contribution < -0.4 is 27.0 Å². The number of carbonyl (C=O) groups excluding carboxylic acids is 6. The number of amides is 5. The number of hydrogen-bond acceptors (Lipinski definition) is 7. The van der Waals surface area contributed by atoms with Crippen LogP contribution in [0.5, 0.6) is 0 Å². The fourth-order valence-corrected chi connectivity index (χ4v) is 3.59. The zero-order valence-electron chi connectivity index (χ0n) is 24.9. The van der Waals surface area contributed by atoms with E-state index in [1.165, 1.54) is 0 Å². The molecule has 228 valence electrons. The number of ketones is 1. The fraction of sp³-hybridized carbons (Fsp3) is 0.586. The minimum Gasteiger partial charge on any atom is -0.461 e. The van der Waals surface area contributed by atoms with Crippen LogP contribution in [0.25, 0.3) is 0 Å². The maximum absolute atomic E-state index is 13.2. The topological polar surface area (TPSA) is 186 Å². The van der Waals surface area contributed by atoms with E-state index in [4.69, 9.17) is 10.5 Å². The summed E-state index contributed by atoms with van der Waals surface area (Å²) in [4.78, 5) is 73.4. The standard InChI is InChI=1S/C29H45N5O7/c1-17(2)23(35)13-14-24(36)34-25(18(3)4)27(38)33-22(8-7-15-31-29(30)40)26(37)32-21-11-9-20(10-12-21)16-41-28(39)19(5)6/h9-12,17-19,22,25H,7-8,13-16H2,1-6H3,(H,32,37)(H,33,38)(H,34,36)(H3,30,31,40)/t22?,25-/m0/s1. The van der Waals surface area contributed by atoms with Crippen molar-refractivity contribution < 1.29 is 33.5 Å². The second-order valence-corrected chi connectivity index (χ2v) is 10.9. The maximum Gasteiger partial charge on any atom is 0.312 e. The molecule has 0 aliphatic carbocycles. The van der Waals surface area contributed by atoms with Crippen LogP contribution in [0.15, 0.2) is 24.3 Å². The van der Waals surface area contributed by atoms with Gasteiger partial charge in [-0.3, -0.25) is 24.0 Å². The number of Topliss-reactive ketones (excluding diaryl/α,β-unsaturated/α-hetero) is 1. The van der Waals surface area contributed by atoms with Gasteiger partial charge in [0.1, 0.15) is 24.5 Å². The first-order chi connectivity index (χ1) is 19.2. The summed E-state index contributed by atoms with van der Waals surface area (Å²) >= 11 is 0. The first-order valence-electron chi connectivity index (χ1n) is 13.9. The Hall–Kier alpha value is -3.96. The summed E-state index contributed by atoms with van der Waals surface area (Å²) in [6.45, 7) is 10.8. The normalized spacial score (nSPS) is 12.4. The number of esters is 1. The number of hydrogen-bond donors (Lipinski definition) is 5. The van der Waals surface area contributed by atoms with Gasteiger partial charge in [-0.15, -0.1) is 0 Å². The van der Waals surface area contributed by atoms with Crippen molar-refractivity contribution >= 4 is 41.2 Å². The molecule has 0 radical (unpaired) electrons. The number of carbonyl (C=O) groups is 6. The molecule has 0 spiro atoms. The molecule has 0 saturated heterocycles. The average molecular weight is 576 g/mol. The molecule has 12 heteroatoms. The molecule has 0 aromatic heterocycles. The molecular weight excluding hydrogens is 530 g/mol. The van der Waals surface area contributed by atoms with Crippen LogP contribution in [0.3, 0.4) is 0 Å². The summed E-state index contributed by atoms with van der Waals surface area (Å²) in [5.41, 5.74) is 6.31. The van der Waals surface area contributed by atoms with Gasteiger partial charge in [-0.25, -0.2) is 4.79 Å². The zero-order chi connectivity index (χ0) is 31.1. The van der Waals surface area contributed by atoms with Crippen molar-refractivity contribution in [3.8, 4) is 0 Å². The number of ether oxygens (including phenoxy) is 1. The molecule has 0 heterocycles. The van der Waals surface area contributed by atoms with Crippen molar-refractivity contribution in [2.45, 2.75) is 85.9 Å². The molecule has 1 aromatic carbocycles. The molecule has 0 aliphatic rings. The molecule has 12 nitrogen and oxygen atoms in total. The van der Waals surface area contributed by atoms with Crippen LogP contribution in [0, 0.1) is 17.8 Å². The highest BCUT2D eigenvalue weighted by Crippen LogP contribution is 2.13. The van der Waals surface area contributed by atoms with E-state index in [2.05, 4.69) is 21.3 Å². The highest BCUT2D eigenvalue weighted by molar-refractivity contribution is 5.98. The Morgan fingerprint density at radius 1 is 0.829 bits per heavy atom. The lowest BCUT2D eigenvalue weighted by Crippen LogP contribution is -2.54. The van der Waals surface area contributed by atoms with Gasteiger partial charge in [-0.05, 0) is 36.5 Å². The van der Waals surface area contributed by atoms with Crippen molar-refractivity contribution in [2.75, 3.05) is 11.9 Å². The van der Waals surface area contributed by atoms with Crippen molar-refractivity contribution in [1.82, 2.24) is 16.0 Å². The number of urea groups is 1. The number of anilines is 1. The summed E-state index contributed by atoms with van der Waals surface area (Å²) in [5, 5.41) is 10.6. The van der Waals surface area contributed by atoms with Gasteiger partial charge in [0.05, 0.1) is 5.92 Å². The summed E-state index contributed by atoms with van der Waals surface area (Å²) in [5.74, 6) is -2.55. The molecule has 0 aliphatic heterocycles. The second kappa shape index (κ2) is 17.7. The lowest BCUT2D eigenvalue weighted by Gasteiger charge is -2.25. The van der Waals surface area contributed by atoms with Crippen LogP contribution >= 0.6 is 0 Å². The van der Waals surface area contributed by atoms with Crippen molar-refractivity contribution in [3.05, 3.63) is 29.8 Å². The van der Waals surface area contributed by atoms with Crippen LogP contribution in [-0.2, 0) is 35.3 Å². The lowest BCUT2D eigenvalue weighted by molar-refractivity contribution is -0.148. The molecule has 2 atom stereocenters. The third kappa shape index (κ3) is 13.8. The quantitative estimate of drug-likeness (QED) is 0.139. The molecular formula is C29H45N5O7. The first kappa shape index (κ1) is 35.1. The Kier molecular flexibility index (Phi) is 15.1. The molecule has 1 rings (SSSR count). The van der Waals surface area contributed by atoms with E-state index in [-0.39, 0.29) is 61.9 Å². The highest BCUT2D eigenvalue weighted by atomic mass is 16.5. The first-order valence-corrected chi connectivity index (χ1v) is 13.9. The molecule has 0 bridgehead atoms. The van der Waals surface area contributed by atoms with Gasteiger partial charge in [0.15, 0.2) is 0 Å².